The van der Waals surface area contributed by atoms with E-state index in [0.29, 0.717) is 19.1 Å². The van der Waals surface area contributed by atoms with Gasteiger partial charge in [-0.05, 0) is 61.8 Å². The van der Waals surface area contributed by atoms with Gasteiger partial charge < -0.3 is 10.1 Å². The topological polar surface area (TPSA) is 61.9 Å². The molecule has 1 saturated heterocycles. The lowest BCUT2D eigenvalue weighted by Crippen LogP contribution is -2.51. The van der Waals surface area contributed by atoms with Crippen LogP contribution in [0.2, 0.25) is 0 Å². The zero-order valence-electron chi connectivity index (χ0n) is 18.5. The summed E-state index contributed by atoms with van der Waals surface area (Å²) in [5.41, 5.74) is 0.696. The Kier molecular flexibility index (Phi) is 6.22. The van der Waals surface area contributed by atoms with Crippen molar-refractivity contribution in [2.24, 2.45) is 11.3 Å². The van der Waals surface area contributed by atoms with Gasteiger partial charge in [-0.3, -0.25) is 9.69 Å². The van der Waals surface area contributed by atoms with Crippen molar-refractivity contribution in [2.45, 2.75) is 65.0 Å². The number of hydrogen-bond acceptors (Lipinski definition) is 4. The SMILES string of the molecule is CCC(C)(C)C1CCC2(CC1)NC(=O)N(CN(C)Cc1ccc(OC)cc1)C2=O. The molecule has 2 fully saturated rings. The number of hydrogen-bond donors (Lipinski definition) is 1. The third-order valence-corrected chi connectivity index (χ3v) is 7.10. The highest BCUT2D eigenvalue weighted by atomic mass is 16.5. The highest BCUT2D eigenvalue weighted by molar-refractivity contribution is 6.07. The Labute approximate surface area is 174 Å². The molecule has 29 heavy (non-hydrogen) atoms. The first kappa shape index (κ1) is 21.6. The van der Waals surface area contributed by atoms with E-state index in [1.807, 2.05) is 36.2 Å². The van der Waals surface area contributed by atoms with Crippen molar-refractivity contribution in [3.05, 3.63) is 29.8 Å². The maximum Gasteiger partial charge on any atom is 0.326 e. The first-order valence-electron chi connectivity index (χ1n) is 10.7. The molecule has 160 valence electrons. The van der Waals surface area contributed by atoms with Crippen LogP contribution in [0.3, 0.4) is 0 Å². The van der Waals surface area contributed by atoms with Crippen LogP contribution < -0.4 is 10.1 Å². The summed E-state index contributed by atoms with van der Waals surface area (Å²) in [4.78, 5) is 29.2. The van der Waals surface area contributed by atoms with Gasteiger partial charge in [-0.2, -0.15) is 0 Å². The number of ether oxygens (including phenoxy) is 1. The predicted octanol–water partition coefficient (Wildman–Crippen LogP) is 4.00. The molecule has 1 spiro atoms. The van der Waals surface area contributed by atoms with Crippen LogP contribution in [0, 0.1) is 11.3 Å². The maximum absolute atomic E-state index is 13.2. The molecule has 0 bridgehead atoms. The molecule has 3 rings (SSSR count). The van der Waals surface area contributed by atoms with E-state index in [0.717, 1.165) is 43.4 Å². The number of methoxy groups -OCH3 is 1. The monoisotopic (exact) mass is 401 g/mol. The minimum Gasteiger partial charge on any atom is -0.497 e. The number of benzene rings is 1. The van der Waals surface area contributed by atoms with Crippen molar-refractivity contribution >= 4 is 11.9 Å². The Morgan fingerprint density at radius 2 is 1.83 bits per heavy atom. The molecule has 1 aliphatic heterocycles. The molecule has 1 N–H and O–H groups in total. The summed E-state index contributed by atoms with van der Waals surface area (Å²) in [7, 11) is 3.57. The Hall–Kier alpha value is -2.08. The standard InChI is InChI=1S/C23H35N3O3/c1-6-22(2,3)18-11-13-23(14-12-18)20(27)26(21(28)24-23)16-25(4)15-17-7-9-19(29-5)10-8-17/h7-10,18H,6,11-16H2,1-5H3,(H,24,28). The van der Waals surface area contributed by atoms with E-state index in [4.69, 9.17) is 4.74 Å². The summed E-state index contributed by atoms with van der Waals surface area (Å²) in [6.45, 7) is 7.80. The molecule has 1 aromatic rings. The summed E-state index contributed by atoms with van der Waals surface area (Å²) >= 11 is 0. The summed E-state index contributed by atoms with van der Waals surface area (Å²) in [5.74, 6) is 1.36. The van der Waals surface area contributed by atoms with Gasteiger partial charge in [0.15, 0.2) is 0 Å². The van der Waals surface area contributed by atoms with Gasteiger partial charge in [-0.1, -0.05) is 39.3 Å². The number of rotatable bonds is 7. The van der Waals surface area contributed by atoms with Gasteiger partial charge in [0, 0.05) is 6.54 Å². The van der Waals surface area contributed by atoms with Crippen LogP contribution in [0.5, 0.6) is 5.75 Å². The van der Waals surface area contributed by atoms with Crippen molar-refractivity contribution in [1.82, 2.24) is 15.1 Å². The predicted molar refractivity (Wildman–Crippen MR) is 113 cm³/mol. The van der Waals surface area contributed by atoms with E-state index >= 15 is 0 Å². The van der Waals surface area contributed by atoms with Gasteiger partial charge in [0.25, 0.3) is 5.91 Å². The van der Waals surface area contributed by atoms with Crippen LogP contribution in [-0.4, -0.2) is 48.1 Å². The van der Waals surface area contributed by atoms with Gasteiger partial charge in [0.1, 0.15) is 11.3 Å². The van der Waals surface area contributed by atoms with E-state index in [9.17, 15) is 9.59 Å². The lowest BCUT2D eigenvalue weighted by molar-refractivity contribution is -0.134. The zero-order chi connectivity index (χ0) is 21.2. The number of nitrogens with zero attached hydrogens (tertiary/aromatic N) is 2. The largest absolute Gasteiger partial charge is 0.497 e. The molecule has 3 amide bonds. The molecule has 1 heterocycles. The number of urea groups is 1. The van der Waals surface area contributed by atoms with E-state index in [2.05, 4.69) is 26.1 Å². The minimum atomic E-state index is -0.696. The molecule has 0 aromatic heterocycles. The molecule has 0 unspecified atom stereocenters. The number of imide groups is 1. The third kappa shape index (κ3) is 4.42. The smallest absolute Gasteiger partial charge is 0.326 e. The lowest BCUT2D eigenvalue weighted by Gasteiger charge is -2.42. The number of carbonyl (C=O) groups excluding carboxylic acids is 2. The first-order chi connectivity index (χ1) is 13.7. The van der Waals surface area contributed by atoms with E-state index in [1.165, 1.54) is 4.90 Å². The van der Waals surface area contributed by atoms with Crippen LogP contribution in [-0.2, 0) is 11.3 Å². The normalized spacial score (nSPS) is 25.0. The second kappa shape index (κ2) is 8.34. The molecular weight excluding hydrogens is 366 g/mol. The molecule has 2 aliphatic rings. The Bertz CT molecular complexity index is 736. The Morgan fingerprint density at radius 1 is 1.21 bits per heavy atom. The number of carbonyl (C=O) groups is 2. The van der Waals surface area contributed by atoms with Gasteiger partial charge in [-0.25, -0.2) is 9.69 Å². The quantitative estimate of drug-likeness (QED) is 0.702. The van der Waals surface area contributed by atoms with Gasteiger partial charge in [0.2, 0.25) is 0 Å². The molecular formula is C23H35N3O3. The highest BCUT2D eigenvalue weighted by Gasteiger charge is 2.53. The Morgan fingerprint density at radius 3 is 2.38 bits per heavy atom. The fraction of sp³-hybridized carbons (Fsp3) is 0.652. The van der Waals surface area contributed by atoms with Gasteiger partial charge >= 0.3 is 6.03 Å². The van der Waals surface area contributed by atoms with Crippen molar-refractivity contribution in [2.75, 3.05) is 20.8 Å². The molecule has 6 heteroatoms. The lowest BCUT2D eigenvalue weighted by atomic mass is 9.65. The third-order valence-electron chi connectivity index (χ3n) is 7.10. The van der Waals surface area contributed by atoms with E-state index in [-0.39, 0.29) is 17.4 Å². The molecule has 6 nitrogen and oxygen atoms in total. The van der Waals surface area contributed by atoms with Gasteiger partial charge in [-0.15, -0.1) is 0 Å². The zero-order valence-corrected chi connectivity index (χ0v) is 18.5. The molecule has 0 atom stereocenters. The summed E-state index contributed by atoms with van der Waals surface area (Å²) in [5, 5.41) is 3.04. The molecule has 0 radical (unpaired) electrons. The molecule has 1 saturated carbocycles. The second-order valence-electron chi connectivity index (χ2n) is 9.37. The van der Waals surface area contributed by atoms with Crippen molar-refractivity contribution in [3.63, 3.8) is 0 Å². The average molecular weight is 402 g/mol. The van der Waals surface area contributed by atoms with E-state index < -0.39 is 5.54 Å². The molecule has 1 aliphatic carbocycles. The maximum atomic E-state index is 13.2. The van der Waals surface area contributed by atoms with Crippen LogP contribution in [0.1, 0.15) is 58.4 Å². The number of nitrogens with one attached hydrogen (secondary N) is 1. The first-order valence-corrected chi connectivity index (χ1v) is 10.7. The van der Waals surface area contributed by atoms with Crippen LogP contribution >= 0.6 is 0 Å². The fourth-order valence-corrected chi connectivity index (χ4v) is 4.66. The second-order valence-corrected chi connectivity index (χ2v) is 9.37. The summed E-state index contributed by atoms with van der Waals surface area (Å²) in [6.07, 6.45) is 4.59. The minimum absolute atomic E-state index is 0.0585. The molecule has 1 aromatic carbocycles. The van der Waals surface area contributed by atoms with Crippen molar-refractivity contribution < 1.29 is 14.3 Å². The van der Waals surface area contributed by atoms with E-state index in [1.54, 1.807) is 7.11 Å². The summed E-state index contributed by atoms with van der Waals surface area (Å²) in [6, 6.07) is 7.58. The van der Waals surface area contributed by atoms with Crippen LogP contribution in [0.25, 0.3) is 0 Å². The van der Waals surface area contributed by atoms with Crippen molar-refractivity contribution in [3.8, 4) is 5.75 Å². The highest BCUT2D eigenvalue weighted by Crippen LogP contribution is 2.45. The van der Waals surface area contributed by atoms with Crippen molar-refractivity contribution in [1.29, 1.82) is 0 Å². The van der Waals surface area contributed by atoms with Crippen LogP contribution in [0.4, 0.5) is 4.79 Å². The van der Waals surface area contributed by atoms with Gasteiger partial charge in [0.05, 0.1) is 13.8 Å². The van der Waals surface area contributed by atoms with Crippen LogP contribution in [0.15, 0.2) is 24.3 Å². The average Bonchev–Trinajstić information content (AvgIpc) is 2.93. The Balaban J connectivity index is 1.60. The summed E-state index contributed by atoms with van der Waals surface area (Å²) < 4.78 is 5.19. The number of amides is 3. The fourth-order valence-electron chi connectivity index (χ4n) is 4.66.